The molecule has 0 aromatic carbocycles. The Bertz CT molecular complexity index is 46.1. The zero-order valence-corrected chi connectivity index (χ0v) is 4.96. The summed E-state index contributed by atoms with van der Waals surface area (Å²) >= 11 is -0.618. The third kappa shape index (κ3) is 9.26. The van der Waals surface area contributed by atoms with Crippen LogP contribution in [0.15, 0.2) is 0 Å². The van der Waals surface area contributed by atoms with E-state index in [2.05, 4.69) is 2.69 Å². The van der Waals surface area contributed by atoms with Crippen molar-refractivity contribution < 1.29 is 32.9 Å². The van der Waals surface area contributed by atoms with E-state index in [4.69, 9.17) is 4.55 Å². The van der Waals surface area contributed by atoms with Crippen molar-refractivity contribution >= 4 is 40.9 Å². The summed E-state index contributed by atoms with van der Waals surface area (Å²) in [6.07, 6.45) is 0. The zero-order valence-electron chi connectivity index (χ0n) is 1.97. The van der Waals surface area contributed by atoms with Crippen molar-refractivity contribution in [2.24, 2.45) is 0 Å². The van der Waals surface area contributed by atoms with Gasteiger partial charge >= 0.3 is 73.8 Å². The molecule has 0 rings (SSSR count). The third-order valence-electron chi connectivity index (χ3n) is 0.0430. The summed E-state index contributed by atoms with van der Waals surface area (Å²) in [4.78, 5) is 0. The molecule has 6 heavy (non-hydrogen) atoms. The summed E-state index contributed by atoms with van der Waals surface area (Å²) in [7, 11) is 0. The second-order valence-electron chi connectivity index (χ2n) is 0.267. The van der Waals surface area contributed by atoms with Crippen LogP contribution in [0.2, 0.25) is 0 Å². The molecule has 1 unspecified atom stereocenters. The molecule has 0 heterocycles. The molecule has 0 aliphatic rings. The second-order valence-corrected chi connectivity index (χ2v) is 1.89. The molecule has 0 aromatic heterocycles. The van der Waals surface area contributed by atoms with Crippen LogP contribution in [0.3, 0.4) is 0 Å². The Hall–Kier alpha value is 1.81. The summed E-state index contributed by atoms with van der Waals surface area (Å²) in [6, 6.07) is 0. The minimum absolute atomic E-state index is 0. The molecule has 0 radical (unpaired) electrons. The fourth-order valence-electron chi connectivity index (χ4n) is 0. The van der Waals surface area contributed by atoms with E-state index >= 15 is 0 Å². The minimum atomic E-state index is -2.10. The van der Waals surface area contributed by atoms with Crippen LogP contribution in [0.1, 0.15) is 0 Å². The van der Waals surface area contributed by atoms with E-state index in [0.29, 0.717) is 0 Å². The van der Waals surface area contributed by atoms with Crippen molar-refractivity contribution in [1.82, 2.24) is 0 Å². The standard InChI is InChI=1S/Au.Na.H2O3S.H/c;;1-4(2)3;/h;;(H2,1,2,3);/q+1;;;/p-1. The van der Waals surface area contributed by atoms with Gasteiger partial charge in [0.15, 0.2) is 0 Å². The van der Waals surface area contributed by atoms with Gasteiger partial charge in [-0.1, -0.05) is 0 Å². The van der Waals surface area contributed by atoms with E-state index in [9.17, 15) is 4.21 Å². The van der Waals surface area contributed by atoms with Crippen molar-refractivity contribution in [3.63, 3.8) is 0 Å². The Labute approximate surface area is 73.0 Å². The molecule has 0 bridgehead atoms. The third-order valence-corrected chi connectivity index (χ3v) is 1.06. The number of hydrogen-bond donors (Lipinski definition) is 1. The van der Waals surface area contributed by atoms with Crippen molar-refractivity contribution in [2.45, 2.75) is 0 Å². The Morgan fingerprint density at radius 3 is 2.00 bits per heavy atom. The zero-order chi connectivity index (χ0) is 4.28. The number of rotatable bonds is 1. The molecule has 3 nitrogen and oxygen atoms in total. The Kier molecular flexibility index (Phi) is 12.2. The first-order chi connectivity index (χ1) is 2.27. The summed E-state index contributed by atoms with van der Waals surface area (Å²) < 4.78 is 20.6. The topological polar surface area (TPSA) is 46.5 Å². The fraction of sp³-hybridized carbons (Fsp3) is 0. The maximum absolute atomic E-state index is 9.24. The van der Waals surface area contributed by atoms with E-state index in [1.807, 2.05) is 0 Å². The van der Waals surface area contributed by atoms with Gasteiger partial charge in [-0.2, -0.15) is 0 Å². The molecule has 1 atom stereocenters. The number of hydrogen-bond acceptors (Lipinski definition) is 2. The van der Waals surface area contributed by atoms with Crippen molar-refractivity contribution in [3.8, 4) is 0 Å². The monoisotopic (exact) mass is 302 g/mol. The SMILES string of the molecule is O=S(O)[O][Au].[NaH]. The van der Waals surface area contributed by atoms with E-state index < -0.39 is 11.4 Å². The molecule has 6 heteroatoms. The van der Waals surface area contributed by atoms with Gasteiger partial charge in [-0.15, -0.1) is 0 Å². The van der Waals surface area contributed by atoms with Crippen LogP contribution in [0.5, 0.6) is 0 Å². The molecular formula is H2AuNaO3S. The van der Waals surface area contributed by atoms with Crippen molar-refractivity contribution in [3.05, 3.63) is 0 Å². The van der Waals surface area contributed by atoms with Gasteiger partial charge in [0.05, 0.1) is 0 Å². The first-order valence-electron chi connectivity index (χ1n) is 0.639. The molecule has 0 saturated carbocycles. The fourth-order valence-corrected chi connectivity index (χ4v) is 0. The average Bonchev–Trinajstić information content (AvgIpc) is 1.38. The second kappa shape index (κ2) is 6.81. The van der Waals surface area contributed by atoms with Crippen LogP contribution in [0, 0.1) is 0 Å². The van der Waals surface area contributed by atoms with Gasteiger partial charge in [0, 0.05) is 0 Å². The van der Waals surface area contributed by atoms with Crippen LogP contribution in [-0.4, -0.2) is 38.3 Å². The molecule has 0 saturated heterocycles. The molecule has 0 aromatic rings. The van der Waals surface area contributed by atoms with Crippen LogP contribution in [0.25, 0.3) is 0 Å². The van der Waals surface area contributed by atoms with Crippen molar-refractivity contribution in [2.75, 3.05) is 0 Å². The Morgan fingerprint density at radius 1 is 1.83 bits per heavy atom. The Balaban J connectivity index is 0. The van der Waals surface area contributed by atoms with Crippen molar-refractivity contribution in [1.29, 1.82) is 0 Å². The van der Waals surface area contributed by atoms with Crippen LogP contribution < -0.4 is 0 Å². The molecule has 38 valence electrons. The summed E-state index contributed by atoms with van der Waals surface area (Å²) in [5.74, 6) is 0. The van der Waals surface area contributed by atoms with Gasteiger partial charge in [0.25, 0.3) is 0 Å². The normalized spacial score (nSPS) is 12.5. The first-order valence-corrected chi connectivity index (χ1v) is 2.56. The molecular weight excluding hydrogens is 300 g/mol. The summed E-state index contributed by atoms with van der Waals surface area (Å²) in [5, 5.41) is 0. The van der Waals surface area contributed by atoms with E-state index in [1.54, 1.807) is 0 Å². The van der Waals surface area contributed by atoms with Gasteiger partial charge < -0.3 is 0 Å². The van der Waals surface area contributed by atoms with Gasteiger partial charge in [-0.05, 0) is 0 Å². The predicted molar refractivity (Wildman–Crippen MR) is 19.0 cm³/mol. The molecule has 0 aliphatic heterocycles. The van der Waals surface area contributed by atoms with Gasteiger partial charge in [0.2, 0.25) is 0 Å². The molecule has 0 spiro atoms. The molecule has 1 N–H and O–H groups in total. The predicted octanol–water partition coefficient (Wildman–Crippen LogP) is -1.05. The average molecular weight is 302 g/mol. The summed E-state index contributed by atoms with van der Waals surface area (Å²) in [5.41, 5.74) is 0. The van der Waals surface area contributed by atoms with Gasteiger partial charge in [0.1, 0.15) is 0 Å². The maximum atomic E-state index is 9.24. The van der Waals surface area contributed by atoms with Crippen LogP contribution in [-0.2, 0) is 35.5 Å². The van der Waals surface area contributed by atoms with Gasteiger partial charge in [-0.25, -0.2) is 0 Å². The van der Waals surface area contributed by atoms with Crippen LogP contribution in [0.4, 0.5) is 0 Å². The quantitative estimate of drug-likeness (QED) is 0.497. The first kappa shape index (κ1) is 10.7. The van der Waals surface area contributed by atoms with E-state index in [0.717, 1.165) is 0 Å². The molecule has 0 fully saturated rings. The van der Waals surface area contributed by atoms with E-state index in [-0.39, 0.29) is 29.6 Å². The van der Waals surface area contributed by atoms with E-state index in [1.165, 1.54) is 21.5 Å². The van der Waals surface area contributed by atoms with Crippen LogP contribution >= 0.6 is 0 Å². The Morgan fingerprint density at radius 2 is 2.00 bits per heavy atom. The molecule has 0 aliphatic carbocycles. The summed E-state index contributed by atoms with van der Waals surface area (Å²) in [6.45, 7) is 0. The van der Waals surface area contributed by atoms with Gasteiger partial charge in [-0.3, -0.25) is 0 Å². The molecule has 0 amide bonds.